The molecule has 0 aliphatic carbocycles. The van der Waals surface area contributed by atoms with Gasteiger partial charge in [-0.2, -0.15) is 0 Å². The molecule has 0 radical (unpaired) electrons. The van der Waals surface area contributed by atoms with Crippen molar-refractivity contribution >= 4 is 23.3 Å². The zero-order valence-corrected chi connectivity index (χ0v) is 16.7. The summed E-state index contributed by atoms with van der Waals surface area (Å²) < 4.78 is 14.2. The van der Waals surface area contributed by atoms with Crippen LogP contribution in [0, 0.1) is 5.82 Å². The largest absolute Gasteiger partial charge is 0.333 e. The second-order valence-corrected chi connectivity index (χ2v) is 8.13. The van der Waals surface area contributed by atoms with E-state index >= 15 is 0 Å². The SMILES string of the molecule is C[C@@H](c1ccccc1F)N1C(=O)CCc2cc(NC(=O)NC(C)(C)C)ccc21. The first-order valence-corrected chi connectivity index (χ1v) is 9.44. The van der Waals surface area contributed by atoms with Gasteiger partial charge in [0.05, 0.1) is 6.04 Å². The van der Waals surface area contributed by atoms with Crippen molar-refractivity contribution in [2.75, 3.05) is 10.2 Å². The number of carbonyl (C=O) groups excluding carboxylic acids is 2. The number of anilines is 2. The molecule has 1 heterocycles. The molecule has 2 aromatic rings. The summed E-state index contributed by atoms with van der Waals surface area (Å²) in [5.41, 5.74) is 2.52. The Balaban J connectivity index is 1.87. The highest BCUT2D eigenvalue weighted by Gasteiger charge is 2.30. The van der Waals surface area contributed by atoms with E-state index in [-0.39, 0.29) is 23.3 Å². The quantitative estimate of drug-likeness (QED) is 0.801. The van der Waals surface area contributed by atoms with Crippen LogP contribution in [0.3, 0.4) is 0 Å². The number of rotatable bonds is 3. The molecule has 0 aromatic heterocycles. The van der Waals surface area contributed by atoms with Gasteiger partial charge in [0.2, 0.25) is 5.91 Å². The van der Waals surface area contributed by atoms with Gasteiger partial charge in [0.25, 0.3) is 0 Å². The molecule has 0 bridgehead atoms. The minimum Gasteiger partial charge on any atom is -0.333 e. The van der Waals surface area contributed by atoms with Crippen LogP contribution in [0.2, 0.25) is 0 Å². The van der Waals surface area contributed by atoms with Gasteiger partial charge < -0.3 is 15.5 Å². The van der Waals surface area contributed by atoms with Gasteiger partial charge in [-0.25, -0.2) is 9.18 Å². The van der Waals surface area contributed by atoms with Crippen molar-refractivity contribution in [1.82, 2.24) is 5.32 Å². The molecular formula is C22H26FN3O2. The van der Waals surface area contributed by atoms with Crippen LogP contribution in [0.4, 0.5) is 20.6 Å². The normalized spacial score (nSPS) is 15.0. The maximum absolute atomic E-state index is 14.2. The van der Waals surface area contributed by atoms with Gasteiger partial charge in [-0.05, 0) is 63.9 Å². The number of carbonyl (C=O) groups is 2. The highest BCUT2D eigenvalue weighted by atomic mass is 19.1. The van der Waals surface area contributed by atoms with E-state index < -0.39 is 6.04 Å². The fourth-order valence-electron chi connectivity index (χ4n) is 3.48. The second kappa shape index (κ2) is 7.62. The zero-order chi connectivity index (χ0) is 20.5. The number of nitrogens with one attached hydrogen (secondary N) is 2. The van der Waals surface area contributed by atoms with E-state index in [2.05, 4.69) is 10.6 Å². The number of aryl methyl sites for hydroxylation is 1. The third-order valence-electron chi connectivity index (χ3n) is 4.70. The van der Waals surface area contributed by atoms with Gasteiger partial charge in [-0.3, -0.25) is 4.79 Å². The third-order valence-corrected chi connectivity index (χ3v) is 4.70. The van der Waals surface area contributed by atoms with E-state index in [1.807, 2.05) is 39.8 Å². The smallest absolute Gasteiger partial charge is 0.319 e. The van der Waals surface area contributed by atoms with Crippen molar-refractivity contribution in [3.63, 3.8) is 0 Å². The Morgan fingerprint density at radius 2 is 1.86 bits per heavy atom. The minimum atomic E-state index is -0.421. The number of fused-ring (bicyclic) bond motifs is 1. The Bertz CT molecular complexity index is 905. The molecule has 5 nitrogen and oxygen atoms in total. The summed E-state index contributed by atoms with van der Waals surface area (Å²) in [6.45, 7) is 7.56. The first kappa shape index (κ1) is 19.9. The van der Waals surface area contributed by atoms with Gasteiger partial charge in [0.1, 0.15) is 5.82 Å². The van der Waals surface area contributed by atoms with E-state index in [1.165, 1.54) is 6.07 Å². The summed E-state index contributed by atoms with van der Waals surface area (Å²) in [5.74, 6) is -0.360. The molecular weight excluding hydrogens is 357 g/mol. The van der Waals surface area contributed by atoms with Crippen LogP contribution in [-0.4, -0.2) is 17.5 Å². The van der Waals surface area contributed by atoms with E-state index in [0.717, 1.165) is 11.3 Å². The maximum Gasteiger partial charge on any atom is 0.319 e. The van der Waals surface area contributed by atoms with E-state index in [0.29, 0.717) is 24.1 Å². The average molecular weight is 383 g/mol. The summed E-state index contributed by atoms with van der Waals surface area (Å²) >= 11 is 0. The van der Waals surface area contributed by atoms with Crippen LogP contribution in [0.5, 0.6) is 0 Å². The molecule has 1 aliphatic rings. The highest BCUT2D eigenvalue weighted by Crippen LogP contribution is 2.36. The molecule has 6 heteroatoms. The van der Waals surface area contributed by atoms with Crippen molar-refractivity contribution in [2.24, 2.45) is 0 Å². The summed E-state index contributed by atoms with van der Waals surface area (Å²) in [6, 6.07) is 11.3. The van der Waals surface area contributed by atoms with Gasteiger partial charge in [0.15, 0.2) is 0 Å². The highest BCUT2D eigenvalue weighted by molar-refractivity contribution is 5.98. The van der Waals surface area contributed by atoms with E-state index in [4.69, 9.17) is 0 Å². The zero-order valence-electron chi connectivity index (χ0n) is 16.7. The minimum absolute atomic E-state index is 0.0329. The summed E-state index contributed by atoms with van der Waals surface area (Å²) in [5, 5.41) is 5.68. The molecule has 0 unspecified atom stereocenters. The van der Waals surface area contributed by atoms with Crippen molar-refractivity contribution in [3.8, 4) is 0 Å². The van der Waals surface area contributed by atoms with Gasteiger partial charge in [-0.15, -0.1) is 0 Å². The maximum atomic E-state index is 14.2. The summed E-state index contributed by atoms with van der Waals surface area (Å²) in [7, 11) is 0. The molecule has 2 aromatic carbocycles. The second-order valence-electron chi connectivity index (χ2n) is 8.13. The number of amides is 3. The van der Waals surface area contributed by atoms with Crippen LogP contribution in [0.15, 0.2) is 42.5 Å². The van der Waals surface area contributed by atoms with Crippen molar-refractivity contribution in [1.29, 1.82) is 0 Å². The number of hydrogen-bond acceptors (Lipinski definition) is 2. The Morgan fingerprint density at radius 3 is 2.54 bits per heavy atom. The lowest BCUT2D eigenvalue weighted by Gasteiger charge is -2.35. The standard InChI is InChI=1S/C22H26FN3O2/c1-14(17-7-5-6-8-18(17)23)26-19-11-10-16(13-15(19)9-12-20(26)27)24-21(28)25-22(2,3)4/h5-8,10-11,13-14H,9,12H2,1-4H3,(H2,24,25,28)/t14-/m0/s1. The topological polar surface area (TPSA) is 61.4 Å². The molecule has 3 amide bonds. The number of urea groups is 1. The number of hydrogen-bond donors (Lipinski definition) is 2. The van der Waals surface area contributed by atoms with Crippen LogP contribution in [0.25, 0.3) is 0 Å². The lowest BCUT2D eigenvalue weighted by Crippen LogP contribution is -2.43. The van der Waals surface area contributed by atoms with E-state index in [9.17, 15) is 14.0 Å². The molecule has 1 atom stereocenters. The predicted molar refractivity (Wildman–Crippen MR) is 109 cm³/mol. The Labute approximate surface area is 164 Å². The van der Waals surface area contributed by atoms with E-state index in [1.54, 1.807) is 29.2 Å². The number of nitrogens with zero attached hydrogens (tertiary/aromatic N) is 1. The van der Waals surface area contributed by atoms with Gasteiger partial charge >= 0.3 is 6.03 Å². The molecule has 148 valence electrons. The fraction of sp³-hybridized carbons (Fsp3) is 0.364. The molecule has 0 saturated heterocycles. The Kier molecular flexibility index (Phi) is 5.40. The predicted octanol–water partition coefficient (Wildman–Crippen LogP) is 4.79. The van der Waals surface area contributed by atoms with Crippen molar-refractivity contribution in [3.05, 3.63) is 59.4 Å². The van der Waals surface area contributed by atoms with Crippen molar-refractivity contribution in [2.45, 2.75) is 52.1 Å². The first-order chi connectivity index (χ1) is 13.2. The van der Waals surface area contributed by atoms with Crippen LogP contribution in [-0.2, 0) is 11.2 Å². The van der Waals surface area contributed by atoms with Crippen molar-refractivity contribution < 1.29 is 14.0 Å². The Hall–Kier alpha value is -2.89. The van der Waals surface area contributed by atoms with Crippen LogP contribution < -0.4 is 15.5 Å². The summed E-state index contributed by atoms with van der Waals surface area (Å²) in [4.78, 5) is 26.4. The third kappa shape index (κ3) is 4.32. The fourth-order valence-corrected chi connectivity index (χ4v) is 3.48. The molecule has 28 heavy (non-hydrogen) atoms. The Morgan fingerprint density at radius 1 is 1.14 bits per heavy atom. The first-order valence-electron chi connectivity index (χ1n) is 9.44. The molecule has 3 rings (SSSR count). The molecule has 2 N–H and O–H groups in total. The summed E-state index contributed by atoms with van der Waals surface area (Å²) in [6.07, 6.45) is 0.939. The average Bonchev–Trinajstić information content (AvgIpc) is 2.60. The lowest BCUT2D eigenvalue weighted by molar-refractivity contribution is -0.119. The lowest BCUT2D eigenvalue weighted by atomic mass is 9.96. The van der Waals surface area contributed by atoms with Gasteiger partial charge in [0, 0.05) is 28.9 Å². The molecule has 1 aliphatic heterocycles. The molecule has 0 spiro atoms. The number of benzene rings is 2. The van der Waals surface area contributed by atoms with Crippen LogP contribution >= 0.6 is 0 Å². The van der Waals surface area contributed by atoms with Gasteiger partial charge in [-0.1, -0.05) is 18.2 Å². The molecule has 0 saturated carbocycles. The molecule has 0 fully saturated rings. The monoisotopic (exact) mass is 383 g/mol. The van der Waals surface area contributed by atoms with Crippen LogP contribution in [0.1, 0.15) is 51.3 Å². The number of halogens is 1.